The lowest BCUT2D eigenvalue weighted by atomic mass is 10.2. The van der Waals surface area contributed by atoms with E-state index in [0.29, 0.717) is 36.5 Å². The Morgan fingerprint density at radius 2 is 2.04 bits per heavy atom. The number of hydrogen-bond acceptors (Lipinski definition) is 9. The van der Waals surface area contributed by atoms with E-state index in [2.05, 4.69) is 30.4 Å². The second kappa shape index (κ2) is 8.61. The van der Waals surface area contributed by atoms with Gasteiger partial charge in [0.15, 0.2) is 0 Å². The van der Waals surface area contributed by atoms with Gasteiger partial charge in [-0.05, 0) is 29.3 Å². The van der Waals surface area contributed by atoms with E-state index in [1.807, 2.05) is 4.90 Å². The summed E-state index contributed by atoms with van der Waals surface area (Å²) in [5.41, 5.74) is 0. The molecule has 144 valence electrons. The summed E-state index contributed by atoms with van der Waals surface area (Å²) in [6.07, 6.45) is 5.73. The summed E-state index contributed by atoms with van der Waals surface area (Å²) < 4.78 is 7.37. The first-order valence-corrected chi connectivity index (χ1v) is 10.1. The predicted octanol–water partition coefficient (Wildman–Crippen LogP) is 0.0830. The Bertz CT molecular complexity index is 744. The molecule has 0 N–H and O–H groups in total. The predicted molar refractivity (Wildman–Crippen MR) is 98.3 cm³/mol. The van der Waals surface area contributed by atoms with Gasteiger partial charge in [0.1, 0.15) is 0 Å². The fourth-order valence-corrected chi connectivity index (χ4v) is 4.01. The standard InChI is InChI=1S/C16H22N8O2S/c25-14(22-6-8-23(9-7-22)15-17-4-2-5-18-15)12-27-16-19-20-21-24(16)11-13-3-1-10-26-13/h2,4-5,13H,1,3,6-12H2. The molecule has 0 radical (unpaired) electrons. The van der Waals surface area contributed by atoms with Crippen LogP contribution in [0.15, 0.2) is 23.6 Å². The fraction of sp³-hybridized carbons (Fsp3) is 0.625. The van der Waals surface area contributed by atoms with E-state index in [0.717, 1.165) is 32.5 Å². The van der Waals surface area contributed by atoms with Gasteiger partial charge in [-0.1, -0.05) is 11.8 Å². The van der Waals surface area contributed by atoms with Gasteiger partial charge in [0.2, 0.25) is 17.0 Å². The molecule has 1 amide bonds. The third-order valence-electron chi connectivity index (χ3n) is 4.69. The van der Waals surface area contributed by atoms with E-state index in [1.165, 1.54) is 11.8 Å². The fourth-order valence-electron chi connectivity index (χ4n) is 3.22. The van der Waals surface area contributed by atoms with Crippen LogP contribution in [0, 0.1) is 0 Å². The van der Waals surface area contributed by atoms with Gasteiger partial charge < -0.3 is 14.5 Å². The van der Waals surface area contributed by atoms with Gasteiger partial charge >= 0.3 is 0 Å². The van der Waals surface area contributed by atoms with Crippen molar-refractivity contribution >= 4 is 23.6 Å². The van der Waals surface area contributed by atoms with Crippen LogP contribution in [-0.4, -0.2) is 85.6 Å². The SMILES string of the molecule is O=C(CSc1nnnn1CC1CCCO1)N1CCN(c2ncccn2)CC1. The number of hydrogen-bond donors (Lipinski definition) is 0. The van der Waals surface area contributed by atoms with Crippen molar-refractivity contribution < 1.29 is 9.53 Å². The van der Waals surface area contributed by atoms with Gasteiger partial charge in [-0.2, -0.15) is 0 Å². The molecule has 1 unspecified atom stereocenters. The highest BCUT2D eigenvalue weighted by atomic mass is 32.2. The molecule has 0 aromatic carbocycles. The third-order valence-corrected chi connectivity index (χ3v) is 5.63. The van der Waals surface area contributed by atoms with Gasteiger partial charge in [-0.15, -0.1) is 5.10 Å². The molecule has 27 heavy (non-hydrogen) atoms. The Labute approximate surface area is 161 Å². The lowest BCUT2D eigenvalue weighted by molar-refractivity contribution is -0.128. The number of amides is 1. The van der Waals surface area contributed by atoms with Crippen molar-refractivity contribution in [2.45, 2.75) is 30.6 Å². The van der Waals surface area contributed by atoms with Crippen LogP contribution in [0.25, 0.3) is 0 Å². The zero-order chi connectivity index (χ0) is 18.5. The number of ether oxygens (including phenoxy) is 1. The molecule has 2 saturated heterocycles. The second-order valence-electron chi connectivity index (χ2n) is 6.48. The second-order valence-corrected chi connectivity index (χ2v) is 7.43. The minimum absolute atomic E-state index is 0.0975. The van der Waals surface area contributed by atoms with Gasteiger partial charge in [0.25, 0.3) is 0 Å². The number of anilines is 1. The van der Waals surface area contributed by atoms with Crippen molar-refractivity contribution in [3.05, 3.63) is 18.5 Å². The number of carbonyl (C=O) groups excluding carboxylic acids is 1. The Balaban J connectivity index is 1.25. The molecular weight excluding hydrogens is 368 g/mol. The van der Waals surface area contributed by atoms with Crippen LogP contribution in [0.3, 0.4) is 0 Å². The van der Waals surface area contributed by atoms with Crippen LogP contribution in [0.1, 0.15) is 12.8 Å². The van der Waals surface area contributed by atoms with E-state index >= 15 is 0 Å². The number of rotatable bonds is 6. The molecule has 2 aromatic heterocycles. The number of piperazine rings is 1. The van der Waals surface area contributed by atoms with Gasteiger partial charge in [0, 0.05) is 45.2 Å². The molecule has 0 aliphatic carbocycles. The van der Waals surface area contributed by atoms with E-state index < -0.39 is 0 Å². The summed E-state index contributed by atoms with van der Waals surface area (Å²) in [5, 5.41) is 12.5. The van der Waals surface area contributed by atoms with Crippen molar-refractivity contribution in [2.75, 3.05) is 43.4 Å². The normalized spacial score (nSPS) is 20.2. The Kier molecular flexibility index (Phi) is 5.78. The lowest BCUT2D eigenvalue weighted by Crippen LogP contribution is -2.49. The Hall–Kier alpha value is -2.27. The molecule has 2 aliphatic heterocycles. The molecule has 2 fully saturated rings. The van der Waals surface area contributed by atoms with Crippen molar-refractivity contribution in [1.29, 1.82) is 0 Å². The first-order valence-electron chi connectivity index (χ1n) is 9.10. The number of nitrogens with zero attached hydrogens (tertiary/aromatic N) is 8. The summed E-state index contributed by atoms with van der Waals surface area (Å²) in [7, 11) is 0. The van der Waals surface area contributed by atoms with E-state index in [4.69, 9.17) is 4.74 Å². The summed E-state index contributed by atoms with van der Waals surface area (Å²) in [4.78, 5) is 25.0. The highest BCUT2D eigenvalue weighted by Crippen LogP contribution is 2.19. The van der Waals surface area contributed by atoms with Crippen molar-refractivity contribution in [2.24, 2.45) is 0 Å². The number of carbonyl (C=O) groups is 1. The van der Waals surface area contributed by atoms with Crippen LogP contribution < -0.4 is 4.90 Å². The van der Waals surface area contributed by atoms with Crippen LogP contribution in [-0.2, 0) is 16.1 Å². The van der Waals surface area contributed by atoms with E-state index in [1.54, 1.807) is 23.1 Å². The van der Waals surface area contributed by atoms with Crippen LogP contribution in [0.5, 0.6) is 0 Å². The van der Waals surface area contributed by atoms with Gasteiger partial charge in [0.05, 0.1) is 18.4 Å². The molecule has 0 bridgehead atoms. The highest BCUT2D eigenvalue weighted by Gasteiger charge is 2.24. The molecule has 10 nitrogen and oxygen atoms in total. The first-order chi connectivity index (χ1) is 13.3. The molecule has 0 saturated carbocycles. The zero-order valence-corrected chi connectivity index (χ0v) is 15.8. The van der Waals surface area contributed by atoms with Crippen molar-refractivity contribution in [3.63, 3.8) is 0 Å². The summed E-state index contributed by atoms with van der Waals surface area (Å²) >= 11 is 1.38. The summed E-state index contributed by atoms with van der Waals surface area (Å²) in [6, 6.07) is 1.80. The maximum absolute atomic E-state index is 12.5. The van der Waals surface area contributed by atoms with Crippen molar-refractivity contribution in [3.8, 4) is 0 Å². The van der Waals surface area contributed by atoms with Gasteiger partial charge in [-0.25, -0.2) is 14.6 Å². The molecule has 0 spiro atoms. The maximum Gasteiger partial charge on any atom is 0.233 e. The van der Waals surface area contributed by atoms with Crippen LogP contribution >= 0.6 is 11.8 Å². The van der Waals surface area contributed by atoms with Crippen LogP contribution in [0.4, 0.5) is 5.95 Å². The molecule has 4 heterocycles. The topological polar surface area (TPSA) is 102 Å². The number of aromatic nitrogens is 6. The smallest absolute Gasteiger partial charge is 0.233 e. The summed E-state index contributed by atoms with van der Waals surface area (Å²) in [5.74, 6) is 1.14. The highest BCUT2D eigenvalue weighted by molar-refractivity contribution is 7.99. The quantitative estimate of drug-likeness (QED) is 0.635. The minimum atomic E-state index is 0.0975. The maximum atomic E-state index is 12.5. The average Bonchev–Trinajstić information content (AvgIpc) is 3.39. The minimum Gasteiger partial charge on any atom is -0.376 e. The molecule has 4 rings (SSSR count). The molecule has 2 aliphatic rings. The summed E-state index contributed by atoms with van der Waals surface area (Å²) in [6.45, 7) is 4.23. The molecular formula is C16H22N8O2S. The Morgan fingerprint density at radius 1 is 1.22 bits per heavy atom. The van der Waals surface area contributed by atoms with E-state index in [9.17, 15) is 4.79 Å². The molecule has 11 heteroatoms. The average molecular weight is 390 g/mol. The monoisotopic (exact) mass is 390 g/mol. The van der Waals surface area contributed by atoms with Gasteiger partial charge in [-0.3, -0.25) is 4.79 Å². The Morgan fingerprint density at radius 3 is 2.78 bits per heavy atom. The molecule has 1 atom stereocenters. The lowest BCUT2D eigenvalue weighted by Gasteiger charge is -2.34. The molecule has 2 aromatic rings. The van der Waals surface area contributed by atoms with E-state index in [-0.39, 0.29) is 12.0 Å². The number of tetrazole rings is 1. The third kappa shape index (κ3) is 4.53. The number of thioether (sulfide) groups is 1. The zero-order valence-electron chi connectivity index (χ0n) is 15.0. The largest absolute Gasteiger partial charge is 0.376 e. The first kappa shape index (κ1) is 18.1. The van der Waals surface area contributed by atoms with Crippen LogP contribution in [0.2, 0.25) is 0 Å². The van der Waals surface area contributed by atoms with Crippen molar-refractivity contribution in [1.82, 2.24) is 35.1 Å².